The van der Waals surface area contributed by atoms with Crippen LogP contribution in [0.25, 0.3) is 0 Å². The Labute approximate surface area is 82.9 Å². The van der Waals surface area contributed by atoms with Gasteiger partial charge in [0.05, 0.1) is 14.2 Å². The highest BCUT2D eigenvalue weighted by Gasteiger charge is 2.11. The number of methoxy groups -OCH3 is 2. The van der Waals surface area contributed by atoms with E-state index in [1.54, 1.807) is 12.3 Å². The summed E-state index contributed by atoms with van der Waals surface area (Å²) in [5.74, 6) is 1.02. The molecule has 14 heavy (non-hydrogen) atoms. The highest BCUT2D eigenvalue weighted by molar-refractivity contribution is 5.79. The van der Waals surface area contributed by atoms with Crippen molar-refractivity contribution in [2.24, 2.45) is 0 Å². The Balaban J connectivity index is 3.08. The Hall–Kier alpha value is -1.58. The number of Topliss-reactive ketones (excluding diaryl/α,β-unsaturated/α-hetero) is 1. The zero-order valence-electron chi connectivity index (χ0n) is 8.53. The molecule has 0 fully saturated rings. The van der Waals surface area contributed by atoms with Gasteiger partial charge in [-0.2, -0.15) is 0 Å². The predicted molar refractivity (Wildman–Crippen MR) is 51.7 cm³/mol. The van der Waals surface area contributed by atoms with Crippen LogP contribution >= 0.6 is 0 Å². The van der Waals surface area contributed by atoms with Gasteiger partial charge in [-0.3, -0.25) is 4.79 Å². The van der Waals surface area contributed by atoms with Gasteiger partial charge in [0.15, 0.2) is 5.75 Å². The van der Waals surface area contributed by atoms with Crippen molar-refractivity contribution in [3.05, 3.63) is 17.8 Å². The summed E-state index contributed by atoms with van der Waals surface area (Å²) < 4.78 is 10.1. The third kappa shape index (κ3) is 2.22. The molecule has 0 aromatic carbocycles. The molecule has 0 aliphatic heterocycles. The lowest BCUT2D eigenvalue weighted by atomic mass is 10.1. The molecule has 0 N–H and O–H groups in total. The Bertz CT molecular complexity index is 336. The van der Waals surface area contributed by atoms with E-state index in [0.717, 1.165) is 5.56 Å². The second-order valence-corrected chi connectivity index (χ2v) is 2.89. The molecule has 4 heteroatoms. The fraction of sp³-hybridized carbons (Fsp3) is 0.400. The van der Waals surface area contributed by atoms with E-state index in [-0.39, 0.29) is 5.78 Å². The predicted octanol–water partition coefficient (Wildman–Crippen LogP) is 1.23. The van der Waals surface area contributed by atoms with E-state index in [1.165, 1.54) is 21.1 Å². The summed E-state index contributed by atoms with van der Waals surface area (Å²) in [5.41, 5.74) is 0.798. The van der Waals surface area contributed by atoms with Gasteiger partial charge in [-0.15, -0.1) is 0 Å². The molecular formula is C10H13NO3. The first-order chi connectivity index (χ1) is 6.69. The van der Waals surface area contributed by atoms with Crippen LogP contribution in [0.5, 0.6) is 11.6 Å². The average molecular weight is 195 g/mol. The minimum atomic E-state index is 0.0801. The van der Waals surface area contributed by atoms with Crippen LogP contribution < -0.4 is 9.47 Å². The lowest BCUT2D eigenvalue weighted by Crippen LogP contribution is -2.02. The van der Waals surface area contributed by atoms with Gasteiger partial charge in [0.1, 0.15) is 5.78 Å². The van der Waals surface area contributed by atoms with Crippen LogP contribution in [-0.4, -0.2) is 25.0 Å². The molecular weight excluding hydrogens is 182 g/mol. The fourth-order valence-corrected chi connectivity index (χ4v) is 1.24. The summed E-state index contributed by atoms with van der Waals surface area (Å²) in [6, 6.07) is 1.75. The summed E-state index contributed by atoms with van der Waals surface area (Å²) in [7, 11) is 3.05. The zero-order valence-corrected chi connectivity index (χ0v) is 8.53. The molecule has 0 amide bonds. The Morgan fingerprint density at radius 3 is 2.64 bits per heavy atom. The van der Waals surface area contributed by atoms with Gasteiger partial charge in [-0.25, -0.2) is 4.98 Å². The highest BCUT2D eigenvalue weighted by atomic mass is 16.5. The summed E-state index contributed by atoms with van der Waals surface area (Å²) in [4.78, 5) is 14.9. The van der Waals surface area contributed by atoms with Crippen LogP contribution in [0.4, 0.5) is 0 Å². The van der Waals surface area contributed by atoms with Crippen molar-refractivity contribution < 1.29 is 14.3 Å². The minimum Gasteiger partial charge on any atom is -0.491 e. The van der Waals surface area contributed by atoms with Crippen LogP contribution in [0.3, 0.4) is 0 Å². The van der Waals surface area contributed by atoms with Gasteiger partial charge in [0.25, 0.3) is 5.88 Å². The van der Waals surface area contributed by atoms with E-state index in [4.69, 9.17) is 9.47 Å². The van der Waals surface area contributed by atoms with Gasteiger partial charge < -0.3 is 9.47 Å². The first kappa shape index (κ1) is 10.5. The lowest BCUT2D eigenvalue weighted by Gasteiger charge is -2.09. The van der Waals surface area contributed by atoms with E-state index < -0.39 is 0 Å². The van der Waals surface area contributed by atoms with Crippen molar-refractivity contribution in [2.45, 2.75) is 13.3 Å². The molecule has 4 nitrogen and oxygen atoms in total. The summed E-state index contributed by atoms with van der Waals surface area (Å²) >= 11 is 0. The average Bonchev–Trinajstić information content (AvgIpc) is 2.16. The first-order valence-corrected chi connectivity index (χ1v) is 4.24. The second kappa shape index (κ2) is 4.60. The van der Waals surface area contributed by atoms with Gasteiger partial charge in [-0.1, -0.05) is 0 Å². The number of aromatic nitrogens is 1. The van der Waals surface area contributed by atoms with Crippen molar-refractivity contribution in [1.29, 1.82) is 0 Å². The monoisotopic (exact) mass is 195 g/mol. The van der Waals surface area contributed by atoms with Gasteiger partial charge >= 0.3 is 0 Å². The summed E-state index contributed by atoms with van der Waals surface area (Å²) in [6.45, 7) is 1.53. The van der Waals surface area contributed by atoms with E-state index in [9.17, 15) is 4.79 Å². The maximum absolute atomic E-state index is 11.0. The van der Waals surface area contributed by atoms with Gasteiger partial charge in [0.2, 0.25) is 0 Å². The summed E-state index contributed by atoms with van der Waals surface area (Å²) in [6.07, 6.45) is 1.93. The molecule has 0 atom stereocenters. The Morgan fingerprint density at radius 1 is 1.43 bits per heavy atom. The number of carbonyl (C=O) groups excluding carboxylic acids is 1. The Morgan fingerprint density at radius 2 is 2.14 bits per heavy atom. The lowest BCUT2D eigenvalue weighted by molar-refractivity contribution is -0.116. The number of pyridine rings is 1. The Kier molecular flexibility index (Phi) is 3.45. The van der Waals surface area contributed by atoms with Crippen molar-refractivity contribution >= 4 is 5.78 Å². The number of hydrogen-bond donors (Lipinski definition) is 0. The van der Waals surface area contributed by atoms with E-state index in [2.05, 4.69) is 4.98 Å². The standard InChI is InChI=1S/C10H13NO3/c1-7(12)6-8-4-5-11-10(14-3)9(8)13-2/h4-5H,6H2,1-3H3. The van der Waals surface area contributed by atoms with Gasteiger partial charge in [0, 0.05) is 18.2 Å². The number of ketones is 1. The quantitative estimate of drug-likeness (QED) is 0.725. The molecule has 1 aromatic rings. The van der Waals surface area contributed by atoms with Crippen molar-refractivity contribution in [2.75, 3.05) is 14.2 Å². The van der Waals surface area contributed by atoms with E-state index in [0.29, 0.717) is 18.1 Å². The molecule has 1 heterocycles. The van der Waals surface area contributed by atoms with Crippen LogP contribution in [0.15, 0.2) is 12.3 Å². The third-order valence-electron chi connectivity index (χ3n) is 1.79. The highest BCUT2D eigenvalue weighted by Crippen LogP contribution is 2.28. The zero-order chi connectivity index (χ0) is 10.6. The number of carbonyl (C=O) groups is 1. The SMILES string of the molecule is COc1nccc(CC(C)=O)c1OC. The van der Waals surface area contributed by atoms with Gasteiger partial charge in [-0.05, 0) is 13.0 Å². The van der Waals surface area contributed by atoms with E-state index >= 15 is 0 Å². The number of nitrogens with zero attached hydrogens (tertiary/aromatic N) is 1. The molecule has 0 spiro atoms. The largest absolute Gasteiger partial charge is 0.491 e. The second-order valence-electron chi connectivity index (χ2n) is 2.89. The molecule has 0 saturated heterocycles. The topological polar surface area (TPSA) is 48.4 Å². The molecule has 0 saturated carbocycles. The van der Waals surface area contributed by atoms with E-state index in [1.807, 2.05) is 0 Å². The van der Waals surface area contributed by atoms with Crippen LogP contribution in [0, 0.1) is 0 Å². The molecule has 0 aliphatic carbocycles. The van der Waals surface area contributed by atoms with Crippen molar-refractivity contribution in [1.82, 2.24) is 4.98 Å². The first-order valence-electron chi connectivity index (χ1n) is 4.24. The normalized spacial score (nSPS) is 9.64. The third-order valence-corrected chi connectivity index (χ3v) is 1.79. The minimum absolute atomic E-state index is 0.0801. The van der Waals surface area contributed by atoms with Crippen molar-refractivity contribution in [3.63, 3.8) is 0 Å². The molecule has 1 aromatic heterocycles. The molecule has 0 aliphatic rings. The van der Waals surface area contributed by atoms with Crippen LogP contribution in [-0.2, 0) is 11.2 Å². The maximum atomic E-state index is 11.0. The smallest absolute Gasteiger partial charge is 0.256 e. The summed E-state index contributed by atoms with van der Waals surface area (Å²) in [5, 5.41) is 0. The maximum Gasteiger partial charge on any atom is 0.256 e. The molecule has 0 unspecified atom stereocenters. The molecule has 0 radical (unpaired) electrons. The number of hydrogen-bond acceptors (Lipinski definition) is 4. The number of ether oxygens (including phenoxy) is 2. The molecule has 1 rings (SSSR count). The molecule has 0 bridgehead atoms. The van der Waals surface area contributed by atoms with Crippen LogP contribution in [0.1, 0.15) is 12.5 Å². The molecule has 76 valence electrons. The fourth-order valence-electron chi connectivity index (χ4n) is 1.24. The van der Waals surface area contributed by atoms with Crippen LogP contribution in [0.2, 0.25) is 0 Å². The number of rotatable bonds is 4. The van der Waals surface area contributed by atoms with Crippen molar-refractivity contribution in [3.8, 4) is 11.6 Å².